The van der Waals surface area contributed by atoms with Crippen molar-refractivity contribution in [1.29, 1.82) is 0 Å². The van der Waals surface area contributed by atoms with E-state index in [-0.39, 0.29) is 6.10 Å². The topological polar surface area (TPSA) is 88.7 Å². The molecule has 1 unspecified atom stereocenters. The minimum atomic E-state index is -0.481. The lowest BCUT2D eigenvalue weighted by atomic mass is 10.2. The molecule has 1 aromatic heterocycles. The van der Waals surface area contributed by atoms with Crippen LogP contribution in [0, 0.1) is 0 Å². The second-order valence-corrected chi connectivity index (χ2v) is 3.98. The molecule has 1 atom stereocenters. The quantitative estimate of drug-likeness (QED) is 0.705. The van der Waals surface area contributed by atoms with Gasteiger partial charge in [-0.1, -0.05) is 0 Å². The highest BCUT2D eigenvalue weighted by Gasteiger charge is 2.25. The van der Waals surface area contributed by atoms with Gasteiger partial charge in [0.2, 0.25) is 0 Å². The average Bonchev–Trinajstić information content (AvgIpc) is 2.75. The highest BCUT2D eigenvalue weighted by molar-refractivity contribution is 5.97. The summed E-state index contributed by atoms with van der Waals surface area (Å²) >= 11 is 0. The van der Waals surface area contributed by atoms with Crippen molar-refractivity contribution in [3.63, 3.8) is 0 Å². The summed E-state index contributed by atoms with van der Waals surface area (Å²) in [5, 5.41) is 9.47. The summed E-state index contributed by atoms with van der Waals surface area (Å²) in [5.74, 6) is 0.0512. The van der Waals surface area contributed by atoms with Crippen LogP contribution in [0.2, 0.25) is 0 Å². The number of nitrogen functional groups attached to an aromatic ring is 1. The molecule has 6 heteroatoms. The first kappa shape index (κ1) is 11.7. The van der Waals surface area contributed by atoms with Crippen LogP contribution in [0.15, 0.2) is 12.3 Å². The number of β-amino-alcohol motifs (C(OH)–C–C–N with tert-alkyl or cyclic N) is 1. The highest BCUT2D eigenvalue weighted by atomic mass is 16.5. The Hall–Kier alpha value is -1.82. The maximum Gasteiger partial charge on any atom is 0.340 e. The lowest BCUT2D eigenvalue weighted by molar-refractivity contribution is 0.0602. The van der Waals surface area contributed by atoms with Crippen LogP contribution < -0.4 is 10.6 Å². The molecule has 0 aromatic carbocycles. The number of hydrogen-bond acceptors (Lipinski definition) is 6. The van der Waals surface area contributed by atoms with Crippen LogP contribution in [0.4, 0.5) is 11.5 Å². The molecule has 0 amide bonds. The zero-order chi connectivity index (χ0) is 12.4. The highest BCUT2D eigenvalue weighted by Crippen LogP contribution is 2.27. The number of ether oxygens (including phenoxy) is 1. The first-order chi connectivity index (χ1) is 8.13. The van der Waals surface area contributed by atoms with Gasteiger partial charge in [0.15, 0.2) is 5.82 Å². The van der Waals surface area contributed by atoms with E-state index in [1.54, 1.807) is 0 Å². The molecule has 1 fully saturated rings. The van der Waals surface area contributed by atoms with Gasteiger partial charge < -0.3 is 20.5 Å². The van der Waals surface area contributed by atoms with Gasteiger partial charge in [-0.25, -0.2) is 9.78 Å². The minimum absolute atomic E-state index is 0.299. The first-order valence-electron chi connectivity index (χ1n) is 5.39. The van der Waals surface area contributed by atoms with Gasteiger partial charge in [-0.3, -0.25) is 0 Å². The van der Waals surface area contributed by atoms with Crippen molar-refractivity contribution in [3.05, 3.63) is 17.8 Å². The van der Waals surface area contributed by atoms with Crippen LogP contribution in [0.25, 0.3) is 0 Å². The van der Waals surface area contributed by atoms with E-state index < -0.39 is 5.97 Å². The second kappa shape index (κ2) is 4.58. The monoisotopic (exact) mass is 237 g/mol. The molecular weight excluding hydrogens is 222 g/mol. The van der Waals surface area contributed by atoms with Gasteiger partial charge in [0, 0.05) is 19.3 Å². The Morgan fingerprint density at radius 2 is 2.47 bits per heavy atom. The number of pyridine rings is 1. The number of aliphatic hydroxyl groups is 1. The van der Waals surface area contributed by atoms with Crippen molar-refractivity contribution in [2.75, 3.05) is 30.8 Å². The largest absolute Gasteiger partial charge is 0.465 e. The fourth-order valence-electron chi connectivity index (χ4n) is 1.94. The molecule has 0 radical (unpaired) electrons. The molecule has 17 heavy (non-hydrogen) atoms. The molecular formula is C11H15N3O3. The van der Waals surface area contributed by atoms with E-state index in [4.69, 9.17) is 5.73 Å². The van der Waals surface area contributed by atoms with E-state index >= 15 is 0 Å². The Kier molecular flexibility index (Phi) is 3.14. The number of nitrogens with two attached hydrogens (primary N) is 1. The molecule has 3 N–H and O–H groups in total. The number of aromatic nitrogens is 1. The van der Waals surface area contributed by atoms with Gasteiger partial charge in [0.1, 0.15) is 0 Å². The third kappa shape index (κ3) is 2.16. The Morgan fingerprint density at radius 1 is 1.71 bits per heavy atom. The predicted molar refractivity (Wildman–Crippen MR) is 62.8 cm³/mol. The van der Waals surface area contributed by atoms with Crippen molar-refractivity contribution in [2.24, 2.45) is 0 Å². The standard InChI is InChI=1S/C11H15N3O3/c1-17-11(16)8-2-4-13-10(9(8)12)14-5-3-7(15)6-14/h2,4,7,15H,3,5-6,12H2,1H3. The Morgan fingerprint density at radius 3 is 3.06 bits per heavy atom. The number of nitrogens with zero attached hydrogens (tertiary/aromatic N) is 2. The summed E-state index contributed by atoms with van der Waals surface area (Å²) in [6.07, 6.45) is 1.84. The van der Waals surface area contributed by atoms with Crippen molar-refractivity contribution < 1.29 is 14.6 Å². The molecule has 92 valence electrons. The minimum Gasteiger partial charge on any atom is -0.465 e. The predicted octanol–water partition coefficient (Wildman–Crippen LogP) is 0.0214. The fraction of sp³-hybridized carbons (Fsp3) is 0.455. The van der Waals surface area contributed by atoms with Gasteiger partial charge in [-0.2, -0.15) is 0 Å². The zero-order valence-corrected chi connectivity index (χ0v) is 9.59. The number of rotatable bonds is 2. The van der Waals surface area contributed by atoms with E-state index in [9.17, 15) is 9.90 Å². The molecule has 1 saturated heterocycles. The van der Waals surface area contributed by atoms with Crippen molar-refractivity contribution in [2.45, 2.75) is 12.5 Å². The normalized spacial score (nSPS) is 19.4. The lowest BCUT2D eigenvalue weighted by Gasteiger charge is -2.19. The molecule has 0 aliphatic carbocycles. The van der Waals surface area contributed by atoms with Crippen molar-refractivity contribution in [3.8, 4) is 0 Å². The maximum atomic E-state index is 11.5. The van der Waals surface area contributed by atoms with Crippen LogP contribution in [0.3, 0.4) is 0 Å². The number of aliphatic hydroxyl groups excluding tert-OH is 1. The summed E-state index contributed by atoms with van der Waals surface area (Å²) in [4.78, 5) is 17.5. The fourth-order valence-corrected chi connectivity index (χ4v) is 1.94. The molecule has 0 bridgehead atoms. The summed E-state index contributed by atoms with van der Waals surface area (Å²) in [5.41, 5.74) is 6.50. The number of hydrogen-bond donors (Lipinski definition) is 2. The second-order valence-electron chi connectivity index (χ2n) is 3.98. The molecule has 2 rings (SSSR count). The molecule has 6 nitrogen and oxygen atoms in total. The van der Waals surface area contributed by atoms with Crippen molar-refractivity contribution in [1.82, 2.24) is 4.98 Å². The Labute approximate surface area is 99.0 Å². The lowest BCUT2D eigenvalue weighted by Crippen LogP contribution is -2.24. The van der Waals surface area contributed by atoms with E-state index in [0.29, 0.717) is 36.6 Å². The zero-order valence-electron chi connectivity index (χ0n) is 9.59. The smallest absolute Gasteiger partial charge is 0.340 e. The number of anilines is 2. The SMILES string of the molecule is COC(=O)c1ccnc(N2CCC(O)C2)c1N. The van der Waals surface area contributed by atoms with Gasteiger partial charge in [-0.15, -0.1) is 0 Å². The van der Waals surface area contributed by atoms with Crippen LogP contribution in [-0.4, -0.2) is 42.4 Å². The number of carbonyl (C=O) groups is 1. The summed E-state index contributed by atoms with van der Waals surface area (Å²) in [6.45, 7) is 1.17. The van der Waals surface area contributed by atoms with Crippen molar-refractivity contribution >= 4 is 17.5 Å². The Bertz CT molecular complexity index is 436. The molecule has 1 aliphatic heterocycles. The Balaban J connectivity index is 2.32. The summed E-state index contributed by atoms with van der Waals surface area (Å²) < 4.78 is 4.64. The van der Waals surface area contributed by atoms with E-state index in [0.717, 1.165) is 0 Å². The van der Waals surface area contributed by atoms with E-state index in [1.165, 1.54) is 19.4 Å². The van der Waals surface area contributed by atoms with Crippen LogP contribution >= 0.6 is 0 Å². The number of esters is 1. The van der Waals surface area contributed by atoms with Gasteiger partial charge in [0.25, 0.3) is 0 Å². The van der Waals surface area contributed by atoms with Gasteiger partial charge in [0.05, 0.1) is 24.5 Å². The molecule has 0 saturated carbocycles. The summed E-state index contributed by atoms with van der Waals surface area (Å²) in [6, 6.07) is 1.52. The third-order valence-corrected chi connectivity index (χ3v) is 2.84. The van der Waals surface area contributed by atoms with Gasteiger partial charge >= 0.3 is 5.97 Å². The number of methoxy groups -OCH3 is 1. The molecule has 0 spiro atoms. The maximum absolute atomic E-state index is 11.5. The van der Waals surface area contributed by atoms with Crippen LogP contribution in [0.5, 0.6) is 0 Å². The summed E-state index contributed by atoms with van der Waals surface area (Å²) in [7, 11) is 1.31. The molecule has 1 aromatic rings. The van der Waals surface area contributed by atoms with Crippen LogP contribution in [0.1, 0.15) is 16.8 Å². The number of carbonyl (C=O) groups excluding carboxylic acids is 1. The van der Waals surface area contributed by atoms with Gasteiger partial charge in [-0.05, 0) is 12.5 Å². The third-order valence-electron chi connectivity index (χ3n) is 2.84. The first-order valence-corrected chi connectivity index (χ1v) is 5.39. The van der Waals surface area contributed by atoms with E-state index in [1.807, 2.05) is 4.90 Å². The van der Waals surface area contributed by atoms with E-state index in [2.05, 4.69) is 9.72 Å². The molecule has 2 heterocycles. The van der Waals surface area contributed by atoms with Crippen LogP contribution in [-0.2, 0) is 4.74 Å². The molecule has 1 aliphatic rings. The average molecular weight is 237 g/mol.